The highest BCUT2D eigenvalue weighted by Crippen LogP contribution is 2.47. The third-order valence-corrected chi connectivity index (χ3v) is 4.97. The molecular formula is C20H19F3N2O. The zero-order chi connectivity index (χ0) is 18.8. The monoisotopic (exact) mass is 360 g/mol. The summed E-state index contributed by atoms with van der Waals surface area (Å²) in [6.45, 7) is 2.62. The molecule has 6 heteroatoms. The molecule has 0 unspecified atom stereocenters. The molecule has 1 aliphatic carbocycles. The van der Waals surface area contributed by atoms with E-state index in [1.165, 1.54) is 18.2 Å². The molecule has 1 heterocycles. The van der Waals surface area contributed by atoms with Crippen LogP contribution in [0.3, 0.4) is 0 Å². The van der Waals surface area contributed by atoms with E-state index in [0.29, 0.717) is 23.4 Å². The zero-order valence-corrected chi connectivity index (χ0v) is 14.1. The maximum atomic E-state index is 14.2. The van der Waals surface area contributed by atoms with E-state index in [9.17, 15) is 13.2 Å². The number of halogens is 3. The first-order valence-corrected chi connectivity index (χ1v) is 8.32. The fourth-order valence-electron chi connectivity index (χ4n) is 3.67. The Balaban J connectivity index is 0.000000948. The van der Waals surface area contributed by atoms with Gasteiger partial charge < -0.3 is 15.5 Å². The average Bonchev–Trinajstić information content (AvgIpc) is 2.96. The molecule has 0 radical (unpaired) electrons. The number of aromatic amines is 1. The van der Waals surface area contributed by atoms with Crippen LogP contribution in [-0.4, -0.2) is 18.3 Å². The van der Waals surface area contributed by atoms with Crippen molar-refractivity contribution < 1.29 is 18.0 Å². The molecule has 0 amide bonds. The van der Waals surface area contributed by atoms with Gasteiger partial charge in [-0.15, -0.1) is 0 Å². The number of fused-ring (bicyclic) bond motifs is 1. The molecule has 3 N–H and O–H groups in total. The van der Waals surface area contributed by atoms with Gasteiger partial charge >= 0.3 is 0 Å². The number of aromatic nitrogens is 1. The summed E-state index contributed by atoms with van der Waals surface area (Å²) in [5.41, 5.74) is 8.40. The molecule has 1 aliphatic rings. The molecular weight excluding hydrogens is 341 g/mol. The zero-order valence-electron chi connectivity index (χ0n) is 14.1. The van der Waals surface area contributed by atoms with Crippen molar-refractivity contribution in [2.75, 3.05) is 6.54 Å². The molecule has 136 valence electrons. The van der Waals surface area contributed by atoms with Gasteiger partial charge in [-0.2, -0.15) is 0 Å². The maximum absolute atomic E-state index is 14.2. The lowest BCUT2D eigenvalue weighted by atomic mass is 9.70. The van der Waals surface area contributed by atoms with Crippen molar-refractivity contribution in [3.63, 3.8) is 0 Å². The van der Waals surface area contributed by atoms with E-state index in [1.807, 2.05) is 6.79 Å². The van der Waals surface area contributed by atoms with E-state index in [1.54, 1.807) is 12.1 Å². The van der Waals surface area contributed by atoms with Crippen molar-refractivity contribution in [1.82, 2.24) is 4.98 Å². The molecule has 0 aliphatic heterocycles. The third-order valence-electron chi connectivity index (χ3n) is 4.97. The summed E-state index contributed by atoms with van der Waals surface area (Å²) in [5.74, 6) is -0.900. The van der Waals surface area contributed by atoms with Crippen LogP contribution in [-0.2, 0) is 4.79 Å². The summed E-state index contributed by atoms with van der Waals surface area (Å²) in [6.07, 6.45) is 1.80. The van der Waals surface area contributed by atoms with Gasteiger partial charge in [0.25, 0.3) is 0 Å². The highest BCUT2D eigenvalue weighted by Gasteiger charge is 2.33. The van der Waals surface area contributed by atoms with Gasteiger partial charge in [-0.25, -0.2) is 13.2 Å². The molecule has 4 rings (SSSR count). The molecule has 1 aromatic heterocycles. The van der Waals surface area contributed by atoms with Gasteiger partial charge in [-0.05, 0) is 72.7 Å². The van der Waals surface area contributed by atoms with Crippen molar-refractivity contribution >= 4 is 17.7 Å². The lowest BCUT2D eigenvalue weighted by Gasteiger charge is -2.35. The summed E-state index contributed by atoms with van der Waals surface area (Å²) in [7, 11) is 0. The smallest absolute Gasteiger partial charge is 0.150 e. The topological polar surface area (TPSA) is 58.9 Å². The SMILES string of the molecule is C=O.NCC1CC(c2c(-c3ccc(F)cc3)[nH]c3c(F)cc(F)cc23)C1. The second-order valence-electron chi connectivity index (χ2n) is 6.50. The minimum Gasteiger partial charge on any atom is -0.352 e. The first kappa shape index (κ1) is 18.2. The van der Waals surface area contributed by atoms with E-state index in [2.05, 4.69) is 4.98 Å². The lowest BCUT2D eigenvalue weighted by Crippen LogP contribution is -2.28. The normalized spacial score (nSPS) is 18.9. The molecule has 1 fully saturated rings. The number of H-pyrrole nitrogens is 1. The van der Waals surface area contributed by atoms with Crippen molar-refractivity contribution in [2.45, 2.75) is 18.8 Å². The number of rotatable bonds is 3. The largest absolute Gasteiger partial charge is 0.352 e. The molecule has 1 saturated carbocycles. The summed E-state index contributed by atoms with van der Waals surface area (Å²) in [4.78, 5) is 11.1. The molecule has 2 aromatic carbocycles. The second-order valence-corrected chi connectivity index (χ2v) is 6.50. The Kier molecular flexibility index (Phi) is 5.13. The van der Waals surface area contributed by atoms with Gasteiger partial charge in [-0.1, -0.05) is 0 Å². The Morgan fingerprint density at radius 3 is 2.31 bits per heavy atom. The Morgan fingerprint density at radius 1 is 1.04 bits per heavy atom. The van der Waals surface area contributed by atoms with Crippen LogP contribution in [0.15, 0.2) is 36.4 Å². The fraction of sp³-hybridized carbons (Fsp3) is 0.250. The van der Waals surface area contributed by atoms with E-state index in [4.69, 9.17) is 10.5 Å². The number of carbonyl (C=O) groups is 1. The summed E-state index contributed by atoms with van der Waals surface area (Å²) < 4.78 is 41.2. The number of benzene rings is 2. The van der Waals surface area contributed by atoms with Crippen LogP contribution in [0.5, 0.6) is 0 Å². The van der Waals surface area contributed by atoms with Crippen LogP contribution in [0.25, 0.3) is 22.2 Å². The predicted octanol–water partition coefficient (Wildman–Crippen LogP) is 4.52. The van der Waals surface area contributed by atoms with Gasteiger partial charge in [0, 0.05) is 11.5 Å². The van der Waals surface area contributed by atoms with E-state index in [-0.39, 0.29) is 11.7 Å². The number of carbonyl (C=O) groups excluding carboxylic acids is 1. The fourth-order valence-corrected chi connectivity index (χ4v) is 3.67. The molecule has 0 saturated heterocycles. The van der Waals surface area contributed by atoms with Crippen molar-refractivity contribution in [3.05, 3.63) is 59.4 Å². The Bertz CT molecular complexity index is 915. The first-order valence-electron chi connectivity index (χ1n) is 8.32. The molecule has 0 spiro atoms. The van der Waals surface area contributed by atoms with Crippen molar-refractivity contribution in [2.24, 2.45) is 11.7 Å². The standard InChI is InChI=1S/C19H17F3N2.CH2O/c20-13-3-1-11(2-4-13)18-17(12-5-10(6-12)9-23)15-7-14(21)8-16(22)19(15)24-18;1-2/h1-4,7-8,10,12,24H,5-6,9,23H2;1H2. The number of nitrogens with one attached hydrogen (secondary N) is 1. The second kappa shape index (κ2) is 7.33. The van der Waals surface area contributed by atoms with Crippen LogP contribution < -0.4 is 5.73 Å². The van der Waals surface area contributed by atoms with Gasteiger partial charge in [0.2, 0.25) is 0 Å². The van der Waals surface area contributed by atoms with Crippen LogP contribution in [0, 0.1) is 23.4 Å². The first-order chi connectivity index (χ1) is 12.6. The molecule has 3 nitrogen and oxygen atoms in total. The van der Waals surface area contributed by atoms with Crippen molar-refractivity contribution in [3.8, 4) is 11.3 Å². The Labute approximate surface area is 149 Å². The van der Waals surface area contributed by atoms with Crippen molar-refractivity contribution in [1.29, 1.82) is 0 Å². The van der Waals surface area contributed by atoms with Gasteiger partial charge in [0.1, 0.15) is 24.2 Å². The van der Waals surface area contributed by atoms with Crippen LogP contribution in [0.2, 0.25) is 0 Å². The minimum atomic E-state index is -0.616. The quantitative estimate of drug-likeness (QED) is 0.721. The molecule has 3 aromatic rings. The van der Waals surface area contributed by atoms with Gasteiger partial charge in [0.15, 0.2) is 0 Å². The highest BCUT2D eigenvalue weighted by atomic mass is 19.1. The minimum absolute atomic E-state index is 0.202. The Morgan fingerprint density at radius 2 is 1.69 bits per heavy atom. The van der Waals surface area contributed by atoms with Gasteiger partial charge in [-0.3, -0.25) is 0 Å². The lowest BCUT2D eigenvalue weighted by molar-refractivity contribution is -0.0979. The molecule has 0 bridgehead atoms. The Hall–Kier alpha value is -2.60. The maximum Gasteiger partial charge on any atom is 0.150 e. The van der Waals surface area contributed by atoms with Crippen LogP contribution in [0.1, 0.15) is 24.3 Å². The summed E-state index contributed by atoms with van der Waals surface area (Å²) in [6, 6.07) is 8.28. The number of hydrogen-bond acceptors (Lipinski definition) is 2. The van der Waals surface area contributed by atoms with E-state index < -0.39 is 11.6 Å². The van der Waals surface area contributed by atoms with Gasteiger partial charge in [0.05, 0.1) is 11.2 Å². The van der Waals surface area contributed by atoms with E-state index in [0.717, 1.165) is 35.7 Å². The third kappa shape index (κ3) is 3.12. The summed E-state index contributed by atoms with van der Waals surface area (Å²) in [5, 5.41) is 0.562. The van der Waals surface area contributed by atoms with Crippen LogP contribution >= 0.6 is 0 Å². The molecule has 26 heavy (non-hydrogen) atoms. The number of hydrogen-bond donors (Lipinski definition) is 2. The summed E-state index contributed by atoms with van der Waals surface area (Å²) >= 11 is 0. The van der Waals surface area contributed by atoms with E-state index >= 15 is 0 Å². The number of nitrogens with two attached hydrogens (primary N) is 1. The molecule has 0 atom stereocenters. The predicted molar refractivity (Wildman–Crippen MR) is 95.2 cm³/mol. The highest BCUT2D eigenvalue weighted by molar-refractivity contribution is 5.92. The van der Waals surface area contributed by atoms with Crippen LogP contribution in [0.4, 0.5) is 13.2 Å². The average molecular weight is 360 g/mol.